The molecule has 2 rings (SSSR count). The molecule has 6 heteroatoms. The van der Waals surface area contributed by atoms with E-state index >= 15 is 0 Å². The number of ether oxygens (including phenoxy) is 1. The third-order valence-corrected chi connectivity index (χ3v) is 2.84. The van der Waals surface area contributed by atoms with Gasteiger partial charge in [0.1, 0.15) is 17.2 Å². The van der Waals surface area contributed by atoms with Crippen LogP contribution in [0.2, 0.25) is 0 Å². The second-order valence-electron chi connectivity index (χ2n) is 5.84. The maximum absolute atomic E-state index is 13.3. The van der Waals surface area contributed by atoms with Crippen molar-refractivity contribution in [3.05, 3.63) is 35.4 Å². The van der Waals surface area contributed by atoms with E-state index in [0.717, 1.165) is 12.1 Å². The molecule has 1 aliphatic heterocycles. The van der Waals surface area contributed by atoms with Gasteiger partial charge in [-0.05, 0) is 45.4 Å². The van der Waals surface area contributed by atoms with Gasteiger partial charge in [-0.15, -0.1) is 0 Å². The summed E-state index contributed by atoms with van der Waals surface area (Å²) >= 11 is 0. The average molecular weight is 301 g/mol. The molecule has 2 atom stereocenters. The maximum Gasteiger partial charge on any atom is 0.293 e. The highest BCUT2D eigenvalue weighted by Crippen LogP contribution is 2.26. The number of benzene rings is 1. The Labute approximate surface area is 123 Å². The number of β-amino-alcohol motifs (C(OH)–C–C–N with tert-alkyl or cyclic N) is 1. The lowest BCUT2D eigenvalue weighted by molar-refractivity contribution is -0.138. The molecule has 2 N–H and O–H groups in total. The van der Waals surface area contributed by atoms with Crippen molar-refractivity contribution in [1.82, 2.24) is 5.32 Å². The summed E-state index contributed by atoms with van der Waals surface area (Å²) in [6, 6.07) is 3.09. The highest BCUT2D eigenvalue weighted by Gasteiger charge is 2.25. The minimum absolute atomic E-state index is 0.277. The van der Waals surface area contributed by atoms with Crippen molar-refractivity contribution < 1.29 is 23.4 Å². The predicted octanol–water partition coefficient (Wildman–Crippen LogP) is 2.32. The van der Waals surface area contributed by atoms with E-state index in [1.54, 1.807) is 0 Å². The minimum atomic E-state index is -0.470. The third kappa shape index (κ3) is 6.18. The Balaban J connectivity index is 0.000000270. The number of hydrogen-bond donors (Lipinski definition) is 2. The third-order valence-electron chi connectivity index (χ3n) is 2.84. The van der Waals surface area contributed by atoms with Gasteiger partial charge in [0.15, 0.2) is 0 Å². The normalized spacial score (nSPS) is 21.4. The molecule has 4 nitrogen and oxygen atoms in total. The maximum atomic E-state index is 13.3. The van der Waals surface area contributed by atoms with Gasteiger partial charge in [-0.3, -0.25) is 4.79 Å². The highest BCUT2D eigenvalue weighted by atomic mass is 19.1. The molecular formula is C15H21F2NO3. The number of hydrogen-bond acceptors (Lipinski definition) is 4. The summed E-state index contributed by atoms with van der Waals surface area (Å²) in [5.74, 6) is -0.886. The lowest BCUT2D eigenvalue weighted by Crippen LogP contribution is -2.17. The largest absolute Gasteiger partial charge is 0.462 e. The van der Waals surface area contributed by atoms with Crippen molar-refractivity contribution >= 4 is 6.47 Å². The number of aliphatic hydroxyl groups is 1. The molecule has 1 aromatic carbocycles. The quantitative estimate of drug-likeness (QED) is 0.823. The lowest BCUT2D eigenvalue weighted by atomic mass is 10.0. The van der Waals surface area contributed by atoms with Gasteiger partial charge in [0.2, 0.25) is 0 Å². The van der Waals surface area contributed by atoms with Crippen LogP contribution in [0.3, 0.4) is 0 Å². The Morgan fingerprint density at radius 1 is 1.38 bits per heavy atom. The Kier molecular flexibility index (Phi) is 6.23. The van der Waals surface area contributed by atoms with E-state index in [9.17, 15) is 18.7 Å². The number of carbonyl (C=O) groups is 1. The number of halogens is 2. The molecule has 1 aliphatic rings. The van der Waals surface area contributed by atoms with Gasteiger partial charge in [0, 0.05) is 18.2 Å². The van der Waals surface area contributed by atoms with Crippen LogP contribution in [0, 0.1) is 11.6 Å². The Morgan fingerprint density at radius 3 is 2.48 bits per heavy atom. The SMILES string of the molecule is CC(C)(C)OC=O.O[C@H]1CNC(c2cc(F)ccc2F)C1. The second-order valence-corrected chi connectivity index (χ2v) is 5.84. The first-order valence-electron chi connectivity index (χ1n) is 6.71. The van der Waals surface area contributed by atoms with Crippen LogP contribution < -0.4 is 5.32 Å². The molecule has 0 aliphatic carbocycles. The van der Waals surface area contributed by atoms with Crippen molar-refractivity contribution in [2.75, 3.05) is 6.54 Å². The van der Waals surface area contributed by atoms with E-state index in [4.69, 9.17) is 0 Å². The van der Waals surface area contributed by atoms with Gasteiger partial charge >= 0.3 is 0 Å². The number of carbonyl (C=O) groups excluding carboxylic acids is 1. The average Bonchev–Trinajstić information content (AvgIpc) is 2.78. The second kappa shape index (κ2) is 7.47. The zero-order chi connectivity index (χ0) is 16.0. The van der Waals surface area contributed by atoms with Crippen LogP contribution in [-0.2, 0) is 9.53 Å². The van der Waals surface area contributed by atoms with Crippen LogP contribution in [0.5, 0.6) is 0 Å². The minimum Gasteiger partial charge on any atom is -0.462 e. The van der Waals surface area contributed by atoms with Gasteiger partial charge in [0.25, 0.3) is 6.47 Å². The molecule has 0 bridgehead atoms. The predicted molar refractivity (Wildman–Crippen MR) is 74.6 cm³/mol. The zero-order valence-electron chi connectivity index (χ0n) is 12.4. The van der Waals surface area contributed by atoms with Gasteiger partial charge in [0.05, 0.1) is 6.10 Å². The summed E-state index contributed by atoms with van der Waals surface area (Å²) in [6.45, 7) is 6.35. The fraction of sp³-hybridized carbons (Fsp3) is 0.533. The monoisotopic (exact) mass is 301 g/mol. The van der Waals surface area contributed by atoms with Gasteiger partial charge < -0.3 is 15.2 Å². The molecule has 1 unspecified atom stereocenters. The molecule has 0 spiro atoms. The summed E-state index contributed by atoms with van der Waals surface area (Å²) in [4.78, 5) is 9.60. The van der Waals surface area contributed by atoms with Crippen molar-refractivity contribution in [2.24, 2.45) is 0 Å². The standard InChI is InChI=1S/C10H11F2NO.C5H10O2/c11-6-1-2-9(12)8(3-6)10-4-7(14)5-13-10;1-5(2,3)7-4-6/h1-3,7,10,13-14H,4-5H2;4H,1-3H3/t7-,10?;/m1./s1. The summed E-state index contributed by atoms with van der Waals surface area (Å²) in [6.07, 6.45) is -0.0388. The number of aliphatic hydroxyl groups excluding tert-OH is 1. The molecule has 1 heterocycles. The van der Waals surface area contributed by atoms with Crippen molar-refractivity contribution in [3.8, 4) is 0 Å². The van der Waals surface area contributed by atoms with Crippen molar-refractivity contribution in [3.63, 3.8) is 0 Å². The van der Waals surface area contributed by atoms with Crippen LogP contribution in [0.1, 0.15) is 38.8 Å². The molecule has 1 fully saturated rings. The summed E-state index contributed by atoms with van der Waals surface area (Å²) in [7, 11) is 0. The number of nitrogens with one attached hydrogen (secondary N) is 1. The van der Waals surface area contributed by atoms with Crippen molar-refractivity contribution in [1.29, 1.82) is 0 Å². The van der Waals surface area contributed by atoms with E-state index in [0.29, 0.717) is 25.0 Å². The van der Waals surface area contributed by atoms with Crippen molar-refractivity contribution in [2.45, 2.75) is 44.9 Å². The van der Waals surface area contributed by atoms with Crippen LogP contribution in [0.15, 0.2) is 18.2 Å². The van der Waals surface area contributed by atoms with E-state index in [2.05, 4.69) is 10.1 Å². The van der Waals surface area contributed by atoms with E-state index in [1.807, 2.05) is 20.8 Å². The van der Waals surface area contributed by atoms with Crippen LogP contribution in [-0.4, -0.2) is 29.8 Å². The molecular weight excluding hydrogens is 280 g/mol. The Bertz CT molecular complexity index is 474. The molecule has 0 aromatic heterocycles. The summed E-state index contributed by atoms with van der Waals surface area (Å²) < 4.78 is 30.6. The van der Waals surface area contributed by atoms with Gasteiger partial charge in [-0.2, -0.15) is 0 Å². The van der Waals surface area contributed by atoms with Crippen LogP contribution in [0.4, 0.5) is 8.78 Å². The number of rotatable bonds is 2. The summed E-state index contributed by atoms with van der Waals surface area (Å²) in [5.41, 5.74) is -0.0246. The Morgan fingerprint density at radius 2 is 2.05 bits per heavy atom. The first kappa shape index (κ1) is 17.5. The van der Waals surface area contributed by atoms with E-state index < -0.39 is 17.7 Å². The molecule has 0 amide bonds. The smallest absolute Gasteiger partial charge is 0.293 e. The molecule has 118 valence electrons. The highest BCUT2D eigenvalue weighted by molar-refractivity contribution is 5.37. The molecule has 0 saturated carbocycles. The molecule has 1 aromatic rings. The van der Waals surface area contributed by atoms with Gasteiger partial charge in [-0.1, -0.05) is 0 Å². The lowest BCUT2D eigenvalue weighted by Gasteiger charge is -2.14. The fourth-order valence-corrected chi connectivity index (χ4v) is 1.88. The van der Waals surface area contributed by atoms with Gasteiger partial charge in [-0.25, -0.2) is 8.78 Å². The summed E-state index contributed by atoms with van der Waals surface area (Å²) in [5, 5.41) is 12.2. The molecule has 1 saturated heterocycles. The van der Waals surface area contributed by atoms with E-state index in [-0.39, 0.29) is 11.6 Å². The topological polar surface area (TPSA) is 58.6 Å². The molecule has 0 radical (unpaired) electrons. The zero-order valence-corrected chi connectivity index (χ0v) is 12.4. The van der Waals surface area contributed by atoms with E-state index in [1.165, 1.54) is 6.07 Å². The Hall–Kier alpha value is -1.53. The first-order chi connectivity index (χ1) is 9.73. The fourth-order valence-electron chi connectivity index (χ4n) is 1.88. The first-order valence-corrected chi connectivity index (χ1v) is 6.71. The molecule has 21 heavy (non-hydrogen) atoms. The van der Waals surface area contributed by atoms with Crippen LogP contribution >= 0.6 is 0 Å². The van der Waals surface area contributed by atoms with Crippen LogP contribution in [0.25, 0.3) is 0 Å².